The Morgan fingerprint density at radius 1 is 1.29 bits per heavy atom. The molecule has 114 valence electrons. The average Bonchev–Trinajstić information content (AvgIpc) is 3.29. The molecule has 1 saturated carbocycles. The van der Waals surface area contributed by atoms with Crippen LogP contribution in [0, 0.1) is 0 Å². The Morgan fingerprint density at radius 2 is 1.95 bits per heavy atom. The van der Waals surface area contributed by atoms with Gasteiger partial charge < -0.3 is 10.6 Å². The molecule has 1 unspecified atom stereocenters. The molecule has 2 N–H and O–H groups in total. The van der Waals surface area contributed by atoms with E-state index in [2.05, 4.69) is 23.6 Å². The summed E-state index contributed by atoms with van der Waals surface area (Å²) in [5, 5.41) is 0. The first-order chi connectivity index (χ1) is 10.1. The number of benzene rings is 1. The van der Waals surface area contributed by atoms with Crippen LogP contribution in [0.2, 0.25) is 0 Å². The topological polar surface area (TPSA) is 49.6 Å². The first kappa shape index (κ1) is 14.4. The van der Waals surface area contributed by atoms with Gasteiger partial charge in [0, 0.05) is 31.4 Å². The van der Waals surface area contributed by atoms with Crippen molar-refractivity contribution in [3.8, 4) is 0 Å². The summed E-state index contributed by atoms with van der Waals surface area (Å²) >= 11 is 0. The number of nitrogen functional groups attached to an aromatic ring is 1. The van der Waals surface area contributed by atoms with E-state index in [0.717, 1.165) is 50.3 Å². The van der Waals surface area contributed by atoms with E-state index in [0.29, 0.717) is 11.9 Å². The number of hydrogen-bond acceptors (Lipinski definition) is 3. The molecule has 1 atom stereocenters. The third kappa shape index (κ3) is 2.53. The van der Waals surface area contributed by atoms with E-state index >= 15 is 0 Å². The average molecular weight is 287 g/mol. The Bertz CT molecular complexity index is 521. The number of nitrogens with two attached hydrogens (primary N) is 1. The monoisotopic (exact) mass is 287 g/mol. The minimum Gasteiger partial charge on any atom is -0.399 e. The Hall–Kier alpha value is -1.55. The van der Waals surface area contributed by atoms with Crippen molar-refractivity contribution in [3.63, 3.8) is 0 Å². The number of carbonyl (C=O) groups excluding carboxylic acids is 1. The molecule has 0 bridgehead atoms. The fraction of sp³-hybridized carbons (Fsp3) is 0.588. The molecule has 2 fully saturated rings. The standard InChI is InChI=1S/C17H25N3O/c1-3-19-10-11-20(12-13(19)2)16(21)17(8-9-17)14-4-6-15(18)7-5-14/h4-7,13H,3,8-12,18H2,1-2H3. The molecular weight excluding hydrogens is 262 g/mol. The van der Waals surface area contributed by atoms with Crippen LogP contribution in [0.15, 0.2) is 24.3 Å². The van der Waals surface area contributed by atoms with Gasteiger partial charge >= 0.3 is 0 Å². The van der Waals surface area contributed by atoms with Crippen LogP contribution in [0.3, 0.4) is 0 Å². The van der Waals surface area contributed by atoms with Gasteiger partial charge in [-0.15, -0.1) is 0 Å². The number of anilines is 1. The number of carbonyl (C=O) groups is 1. The number of rotatable bonds is 3. The molecular formula is C17H25N3O. The molecule has 1 heterocycles. The summed E-state index contributed by atoms with van der Waals surface area (Å²) in [6.45, 7) is 8.15. The van der Waals surface area contributed by atoms with Crippen molar-refractivity contribution in [2.24, 2.45) is 0 Å². The molecule has 0 radical (unpaired) electrons. The van der Waals surface area contributed by atoms with E-state index in [9.17, 15) is 4.79 Å². The van der Waals surface area contributed by atoms with Gasteiger partial charge in [0.05, 0.1) is 5.41 Å². The molecule has 0 aromatic heterocycles. The highest BCUT2D eigenvalue weighted by Crippen LogP contribution is 2.49. The maximum atomic E-state index is 13.0. The van der Waals surface area contributed by atoms with Crippen molar-refractivity contribution in [2.45, 2.75) is 38.1 Å². The van der Waals surface area contributed by atoms with Gasteiger partial charge in [0.25, 0.3) is 0 Å². The highest BCUT2D eigenvalue weighted by Gasteiger charge is 2.53. The van der Waals surface area contributed by atoms with Crippen molar-refractivity contribution >= 4 is 11.6 Å². The van der Waals surface area contributed by atoms with Crippen LogP contribution in [0.1, 0.15) is 32.3 Å². The lowest BCUT2D eigenvalue weighted by Crippen LogP contribution is -2.55. The molecule has 1 aromatic rings. The van der Waals surface area contributed by atoms with Gasteiger partial charge in [0.2, 0.25) is 5.91 Å². The van der Waals surface area contributed by atoms with Crippen molar-refractivity contribution in [1.82, 2.24) is 9.80 Å². The van der Waals surface area contributed by atoms with Crippen molar-refractivity contribution in [1.29, 1.82) is 0 Å². The number of likely N-dealkylation sites (N-methyl/N-ethyl adjacent to an activating group) is 1. The number of piperazine rings is 1. The molecule has 1 aliphatic heterocycles. The third-order valence-electron chi connectivity index (χ3n) is 5.08. The van der Waals surface area contributed by atoms with E-state index in [1.54, 1.807) is 0 Å². The molecule has 1 aromatic carbocycles. The van der Waals surface area contributed by atoms with Gasteiger partial charge in [-0.05, 0) is 44.0 Å². The second-order valence-corrected chi connectivity index (χ2v) is 6.43. The fourth-order valence-electron chi connectivity index (χ4n) is 3.51. The smallest absolute Gasteiger partial charge is 0.233 e. The minimum atomic E-state index is -0.262. The molecule has 3 rings (SSSR count). The molecule has 21 heavy (non-hydrogen) atoms. The van der Waals surface area contributed by atoms with Crippen LogP contribution in [0.5, 0.6) is 0 Å². The highest BCUT2D eigenvalue weighted by atomic mass is 16.2. The second kappa shape index (κ2) is 5.34. The molecule has 4 nitrogen and oxygen atoms in total. The normalized spacial score (nSPS) is 24.9. The Morgan fingerprint density at radius 3 is 2.48 bits per heavy atom. The van der Waals surface area contributed by atoms with E-state index in [1.807, 2.05) is 24.3 Å². The SMILES string of the molecule is CCN1CCN(C(=O)C2(c3ccc(N)cc3)CC2)CC1C. The zero-order valence-electron chi connectivity index (χ0n) is 13.0. The van der Waals surface area contributed by atoms with Crippen molar-refractivity contribution < 1.29 is 4.79 Å². The quantitative estimate of drug-likeness (QED) is 0.863. The van der Waals surface area contributed by atoms with E-state index in [4.69, 9.17) is 5.73 Å². The lowest BCUT2D eigenvalue weighted by molar-refractivity contribution is -0.136. The summed E-state index contributed by atoms with van der Waals surface area (Å²) in [6, 6.07) is 8.30. The van der Waals surface area contributed by atoms with Gasteiger partial charge in [-0.1, -0.05) is 19.1 Å². The van der Waals surface area contributed by atoms with E-state index in [1.165, 1.54) is 0 Å². The Kier molecular flexibility index (Phi) is 3.66. The van der Waals surface area contributed by atoms with Crippen LogP contribution in [-0.4, -0.2) is 47.9 Å². The van der Waals surface area contributed by atoms with Crippen LogP contribution >= 0.6 is 0 Å². The third-order valence-corrected chi connectivity index (χ3v) is 5.08. The predicted molar refractivity (Wildman–Crippen MR) is 85.1 cm³/mol. The Balaban J connectivity index is 1.75. The van der Waals surface area contributed by atoms with Gasteiger partial charge in [-0.25, -0.2) is 0 Å². The first-order valence-electron chi connectivity index (χ1n) is 7.96. The maximum absolute atomic E-state index is 13.0. The van der Waals surface area contributed by atoms with Gasteiger partial charge in [-0.3, -0.25) is 9.69 Å². The summed E-state index contributed by atoms with van der Waals surface area (Å²) < 4.78 is 0. The van der Waals surface area contributed by atoms with E-state index < -0.39 is 0 Å². The highest BCUT2D eigenvalue weighted by molar-refractivity contribution is 5.91. The van der Waals surface area contributed by atoms with Gasteiger partial charge in [0.15, 0.2) is 0 Å². The number of amides is 1. The van der Waals surface area contributed by atoms with Crippen LogP contribution < -0.4 is 5.73 Å². The molecule has 1 saturated heterocycles. The van der Waals surface area contributed by atoms with Crippen LogP contribution in [-0.2, 0) is 10.2 Å². The summed E-state index contributed by atoms with van der Waals surface area (Å²) in [7, 11) is 0. The van der Waals surface area contributed by atoms with Crippen molar-refractivity contribution in [2.75, 3.05) is 31.9 Å². The first-order valence-corrected chi connectivity index (χ1v) is 7.96. The number of nitrogens with zero attached hydrogens (tertiary/aromatic N) is 2. The lowest BCUT2D eigenvalue weighted by atomic mass is 9.93. The molecule has 1 amide bonds. The zero-order chi connectivity index (χ0) is 15.0. The van der Waals surface area contributed by atoms with Crippen LogP contribution in [0.25, 0.3) is 0 Å². The second-order valence-electron chi connectivity index (χ2n) is 6.43. The van der Waals surface area contributed by atoms with Crippen LogP contribution in [0.4, 0.5) is 5.69 Å². The molecule has 0 spiro atoms. The maximum Gasteiger partial charge on any atom is 0.233 e. The summed E-state index contributed by atoms with van der Waals surface area (Å²) in [5.41, 5.74) is 7.38. The molecule has 2 aliphatic rings. The fourth-order valence-corrected chi connectivity index (χ4v) is 3.51. The lowest BCUT2D eigenvalue weighted by Gasteiger charge is -2.40. The zero-order valence-corrected chi connectivity index (χ0v) is 13.0. The predicted octanol–water partition coefficient (Wildman–Crippen LogP) is 1.85. The summed E-state index contributed by atoms with van der Waals surface area (Å²) in [4.78, 5) is 17.5. The van der Waals surface area contributed by atoms with Gasteiger partial charge in [-0.2, -0.15) is 0 Å². The summed E-state index contributed by atoms with van der Waals surface area (Å²) in [5.74, 6) is 0.315. The van der Waals surface area contributed by atoms with Crippen molar-refractivity contribution in [3.05, 3.63) is 29.8 Å². The largest absolute Gasteiger partial charge is 0.399 e. The minimum absolute atomic E-state index is 0.262. The Labute approximate surface area is 126 Å². The number of hydrogen-bond donors (Lipinski definition) is 1. The summed E-state index contributed by atoms with van der Waals surface area (Å²) in [6.07, 6.45) is 1.94. The van der Waals surface area contributed by atoms with E-state index in [-0.39, 0.29) is 5.41 Å². The molecule has 1 aliphatic carbocycles. The molecule has 4 heteroatoms. The van der Waals surface area contributed by atoms with Gasteiger partial charge in [0.1, 0.15) is 0 Å².